The highest BCUT2D eigenvalue weighted by Crippen LogP contribution is 2.27. The Balaban J connectivity index is 1.80. The molecule has 1 atom stereocenters. The van der Waals surface area contributed by atoms with Gasteiger partial charge in [0.15, 0.2) is 0 Å². The van der Waals surface area contributed by atoms with E-state index in [9.17, 15) is 8.42 Å². The molecule has 0 amide bonds. The van der Waals surface area contributed by atoms with Crippen molar-refractivity contribution in [3.63, 3.8) is 0 Å². The van der Waals surface area contributed by atoms with E-state index in [2.05, 4.69) is 15.1 Å². The van der Waals surface area contributed by atoms with E-state index >= 15 is 0 Å². The second kappa shape index (κ2) is 5.13. The van der Waals surface area contributed by atoms with Crippen LogP contribution in [0.2, 0.25) is 0 Å². The third-order valence-corrected chi connectivity index (χ3v) is 6.57. The number of nitrogens with one attached hydrogen (secondary N) is 1. The van der Waals surface area contributed by atoms with E-state index in [1.54, 1.807) is 18.2 Å². The number of nitrogens with zero attached hydrogens (tertiary/aromatic N) is 3. The first kappa shape index (κ1) is 14.0. The Kier molecular flexibility index (Phi) is 3.60. The lowest BCUT2D eigenvalue weighted by molar-refractivity contribution is 0.251. The predicted molar refractivity (Wildman–Crippen MR) is 76.0 cm³/mol. The summed E-state index contributed by atoms with van der Waals surface area (Å²) in [5.41, 5.74) is 1.19. The summed E-state index contributed by atoms with van der Waals surface area (Å²) in [6.07, 6.45) is 3.42. The van der Waals surface area contributed by atoms with Crippen LogP contribution >= 0.6 is 0 Å². The van der Waals surface area contributed by atoms with Crippen LogP contribution in [0, 0.1) is 13.8 Å². The number of hydrogen-bond donors (Lipinski definition) is 1. The quantitative estimate of drug-likeness (QED) is 0.899. The summed E-state index contributed by atoms with van der Waals surface area (Å²) in [5.74, 6) is 0. The Bertz CT molecular complexity index is 570. The molecule has 6 nitrogen and oxygen atoms in total. The Morgan fingerprint density at radius 1 is 1.20 bits per heavy atom. The summed E-state index contributed by atoms with van der Waals surface area (Å²) >= 11 is 0. The molecule has 0 saturated carbocycles. The molecule has 1 aromatic rings. The Hall–Kier alpha value is -0.920. The van der Waals surface area contributed by atoms with Crippen molar-refractivity contribution >= 4 is 10.0 Å². The molecule has 3 heterocycles. The first-order valence-electron chi connectivity index (χ1n) is 7.26. The van der Waals surface area contributed by atoms with Crippen LogP contribution in [-0.2, 0) is 10.0 Å². The second-order valence-electron chi connectivity index (χ2n) is 5.81. The van der Waals surface area contributed by atoms with Crippen molar-refractivity contribution in [2.75, 3.05) is 26.2 Å². The normalized spacial score (nSPS) is 25.6. The van der Waals surface area contributed by atoms with Crippen molar-refractivity contribution in [2.24, 2.45) is 0 Å². The number of rotatable bonds is 3. The van der Waals surface area contributed by atoms with Crippen LogP contribution in [0.4, 0.5) is 0 Å². The summed E-state index contributed by atoms with van der Waals surface area (Å²) in [5, 5.41) is 6.78. The molecule has 0 aliphatic carbocycles. The van der Waals surface area contributed by atoms with Crippen LogP contribution in [0.5, 0.6) is 0 Å². The number of aromatic nitrogens is 2. The highest BCUT2D eigenvalue weighted by Gasteiger charge is 2.37. The Morgan fingerprint density at radius 3 is 2.50 bits per heavy atom. The van der Waals surface area contributed by atoms with Crippen LogP contribution in [-0.4, -0.2) is 60.0 Å². The molecule has 1 N–H and O–H groups in total. The molecular formula is C13H22N4O2S. The van der Waals surface area contributed by atoms with Crippen LogP contribution in [0.3, 0.4) is 0 Å². The first-order chi connectivity index (χ1) is 9.50. The number of aromatic amines is 1. The van der Waals surface area contributed by atoms with Crippen molar-refractivity contribution in [3.8, 4) is 0 Å². The fourth-order valence-electron chi connectivity index (χ4n) is 3.38. The Labute approximate surface area is 120 Å². The summed E-state index contributed by atoms with van der Waals surface area (Å²) in [6.45, 7) is 6.97. The Morgan fingerprint density at radius 2 is 1.90 bits per heavy atom. The van der Waals surface area contributed by atoms with Crippen molar-refractivity contribution < 1.29 is 8.42 Å². The number of likely N-dealkylation sites (tertiary alicyclic amines) is 1. The zero-order valence-electron chi connectivity index (χ0n) is 12.1. The van der Waals surface area contributed by atoms with Gasteiger partial charge in [-0.1, -0.05) is 0 Å². The van der Waals surface area contributed by atoms with Crippen LogP contribution in [0.25, 0.3) is 0 Å². The van der Waals surface area contributed by atoms with Gasteiger partial charge in [0.1, 0.15) is 4.90 Å². The molecule has 2 aliphatic rings. The second-order valence-corrected chi connectivity index (χ2v) is 7.69. The van der Waals surface area contributed by atoms with Crippen molar-refractivity contribution in [1.29, 1.82) is 0 Å². The van der Waals surface area contributed by atoms with E-state index in [0.717, 1.165) is 19.5 Å². The van der Waals surface area contributed by atoms with E-state index in [1.807, 2.05) is 0 Å². The smallest absolute Gasteiger partial charge is 0.246 e. The van der Waals surface area contributed by atoms with Gasteiger partial charge in [-0.05, 0) is 46.2 Å². The number of aryl methyl sites for hydroxylation is 2. The van der Waals surface area contributed by atoms with Crippen LogP contribution in [0.1, 0.15) is 30.7 Å². The standard InChI is InChI=1S/C13H22N4O2S/c1-10-13(11(2)15-14-10)20(18,19)17-8-5-12(9-17)16-6-3-4-7-16/h12H,3-9H2,1-2H3,(H,14,15). The molecule has 0 radical (unpaired) electrons. The third kappa shape index (κ3) is 2.27. The predicted octanol–water partition coefficient (Wildman–Crippen LogP) is 0.885. The topological polar surface area (TPSA) is 69.3 Å². The molecular weight excluding hydrogens is 276 g/mol. The van der Waals surface area contributed by atoms with Gasteiger partial charge in [0.2, 0.25) is 10.0 Å². The molecule has 3 rings (SSSR count). The van der Waals surface area contributed by atoms with E-state index < -0.39 is 10.0 Å². The largest absolute Gasteiger partial charge is 0.299 e. The summed E-state index contributed by atoms with van der Waals surface area (Å²) in [7, 11) is -3.41. The molecule has 1 unspecified atom stereocenters. The lowest BCUT2D eigenvalue weighted by Gasteiger charge is -2.23. The summed E-state index contributed by atoms with van der Waals surface area (Å²) in [4.78, 5) is 2.80. The van der Waals surface area contributed by atoms with Crippen molar-refractivity contribution in [1.82, 2.24) is 19.4 Å². The average molecular weight is 298 g/mol. The third-order valence-electron chi connectivity index (χ3n) is 4.44. The molecule has 7 heteroatoms. The fourth-order valence-corrected chi connectivity index (χ4v) is 5.21. The lowest BCUT2D eigenvalue weighted by Crippen LogP contribution is -2.37. The molecule has 2 saturated heterocycles. The lowest BCUT2D eigenvalue weighted by atomic mass is 10.2. The summed E-state index contributed by atoms with van der Waals surface area (Å²) < 4.78 is 27.1. The maximum atomic E-state index is 12.7. The highest BCUT2D eigenvalue weighted by atomic mass is 32.2. The van der Waals surface area contributed by atoms with Gasteiger partial charge in [-0.15, -0.1) is 0 Å². The molecule has 0 bridgehead atoms. The van der Waals surface area contributed by atoms with E-state index in [4.69, 9.17) is 0 Å². The van der Waals surface area contributed by atoms with Gasteiger partial charge in [0, 0.05) is 19.1 Å². The molecule has 2 fully saturated rings. The molecule has 0 spiro atoms. The summed E-state index contributed by atoms with van der Waals surface area (Å²) in [6, 6.07) is 0.389. The number of hydrogen-bond acceptors (Lipinski definition) is 4. The van der Waals surface area contributed by atoms with Crippen LogP contribution in [0.15, 0.2) is 4.90 Å². The monoisotopic (exact) mass is 298 g/mol. The maximum absolute atomic E-state index is 12.7. The van der Waals surface area contributed by atoms with E-state index in [1.165, 1.54) is 12.8 Å². The van der Waals surface area contributed by atoms with Crippen molar-refractivity contribution in [3.05, 3.63) is 11.4 Å². The van der Waals surface area contributed by atoms with Crippen molar-refractivity contribution in [2.45, 2.75) is 44.0 Å². The van der Waals surface area contributed by atoms with Gasteiger partial charge in [-0.25, -0.2) is 8.42 Å². The fraction of sp³-hybridized carbons (Fsp3) is 0.769. The molecule has 1 aromatic heterocycles. The van der Waals surface area contributed by atoms with Gasteiger partial charge in [0.25, 0.3) is 0 Å². The highest BCUT2D eigenvalue weighted by molar-refractivity contribution is 7.89. The number of H-pyrrole nitrogens is 1. The van der Waals surface area contributed by atoms with Gasteiger partial charge in [0.05, 0.1) is 11.4 Å². The maximum Gasteiger partial charge on any atom is 0.246 e. The minimum absolute atomic E-state index is 0.361. The first-order valence-corrected chi connectivity index (χ1v) is 8.70. The van der Waals surface area contributed by atoms with Gasteiger partial charge in [-0.3, -0.25) is 10.00 Å². The van der Waals surface area contributed by atoms with E-state index in [-0.39, 0.29) is 0 Å². The average Bonchev–Trinajstić information content (AvgIpc) is 3.08. The minimum Gasteiger partial charge on any atom is -0.299 e. The minimum atomic E-state index is -3.41. The van der Waals surface area contributed by atoms with Crippen LogP contribution < -0.4 is 0 Å². The van der Waals surface area contributed by atoms with Gasteiger partial charge < -0.3 is 0 Å². The van der Waals surface area contributed by atoms with Gasteiger partial charge >= 0.3 is 0 Å². The number of sulfonamides is 1. The van der Waals surface area contributed by atoms with E-state index in [0.29, 0.717) is 35.4 Å². The SMILES string of the molecule is Cc1n[nH]c(C)c1S(=O)(=O)N1CCC(N2CCCC2)C1. The molecule has 112 valence electrons. The zero-order valence-corrected chi connectivity index (χ0v) is 12.9. The molecule has 2 aliphatic heterocycles. The molecule has 0 aromatic carbocycles. The molecule has 20 heavy (non-hydrogen) atoms. The zero-order chi connectivity index (χ0) is 14.3. The van der Waals surface area contributed by atoms with Gasteiger partial charge in [-0.2, -0.15) is 9.40 Å².